The number of anilines is 1. The van der Waals surface area contributed by atoms with Crippen molar-refractivity contribution in [2.45, 2.75) is 26.4 Å². The summed E-state index contributed by atoms with van der Waals surface area (Å²) in [4.78, 5) is 28.0. The molecule has 1 heterocycles. The summed E-state index contributed by atoms with van der Waals surface area (Å²) in [6.45, 7) is 4.11. The number of nitrogens with one attached hydrogen (secondary N) is 2. The Morgan fingerprint density at radius 3 is 2.39 bits per heavy atom. The number of benzene rings is 1. The second kappa shape index (κ2) is 8.61. The highest BCUT2D eigenvalue weighted by atomic mass is 35.5. The highest BCUT2D eigenvalue weighted by molar-refractivity contribution is 7.09. The predicted octanol–water partition coefficient (Wildman–Crippen LogP) is 2.41. The summed E-state index contributed by atoms with van der Waals surface area (Å²) in [6.07, 6.45) is 0. The molecule has 0 unspecified atom stereocenters. The van der Waals surface area contributed by atoms with Crippen LogP contribution in [0.5, 0.6) is 0 Å². The average Bonchev–Trinajstić information content (AvgIpc) is 2.96. The second-order valence-electron chi connectivity index (χ2n) is 4.99. The number of carbonyl (C=O) groups excluding carboxylic acids is 2. The van der Waals surface area contributed by atoms with E-state index in [-0.39, 0.29) is 30.3 Å². The molecule has 0 spiro atoms. The van der Waals surface area contributed by atoms with Gasteiger partial charge in [-0.25, -0.2) is 4.98 Å². The summed E-state index contributed by atoms with van der Waals surface area (Å²) >= 11 is 1.35. The predicted molar refractivity (Wildman–Crippen MR) is 94.3 cm³/mol. The molecule has 0 saturated carbocycles. The van der Waals surface area contributed by atoms with Crippen molar-refractivity contribution in [2.24, 2.45) is 5.73 Å². The average molecular weight is 355 g/mol. The van der Waals surface area contributed by atoms with Crippen LogP contribution in [-0.2, 0) is 6.54 Å². The van der Waals surface area contributed by atoms with Gasteiger partial charge in [0.15, 0.2) is 0 Å². The van der Waals surface area contributed by atoms with Crippen LogP contribution in [0, 0.1) is 0 Å². The number of hydrogen-bond acceptors (Lipinski definition) is 5. The van der Waals surface area contributed by atoms with E-state index >= 15 is 0 Å². The maximum absolute atomic E-state index is 12.0. The van der Waals surface area contributed by atoms with Gasteiger partial charge in [-0.2, -0.15) is 0 Å². The van der Waals surface area contributed by atoms with E-state index in [2.05, 4.69) is 15.6 Å². The summed E-state index contributed by atoms with van der Waals surface area (Å²) in [5, 5.41) is 7.93. The Morgan fingerprint density at radius 1 is 1.22 bits per heavy atom. The number of amides is 2. The first-order chi connectivity index (χ1) is 10.5. The molecule has 0 atom stereocenters. The Kier molecular flexibility index (Phi) is 7.15. The molecular weight excluding hydrogens is 336 g/mol. The van der Waals surface area contributed by atoms with E-state index in [1.807, 2.05) is 13.8 Å². The van der Waals surface area contributed by atoms with Crippen LogP contribution in [0.25, 0.3) is 0 Å². The van der Waals surface area contributed by atoms with E-state index in [4.69, 9.17) is 5.73 Å². The van der Waals surface area contributed by atoms with Gasteiger partial charge in [0, 0.05) is 29.2 Å². The number of nitrogens with two attached hydrogens (primary N) is 1. The molecule has 6 nitrogen and oxygen atoms in total. The number of thiazole rings is 1. The number of hydrogen-bond donors (Lipinski definition) is 3. The lowest BCUT2D eigenvalue weighted by atomic mass is 10.2. The molecule has 0 bridgehead atoms. The van der Waals surface area contributed by atoms with Crippen molar-refractivity contribution in [1.82, 2.24) is 10.3 Å². The van der Waals surface area contributed by atoms with Crippen molar-refractivity contribution >= 4 is 41.2 Å². The SMILES string of the molecule is CC(C)NC(=O)c1ccc(NC(=O)c2csc(CN)n2)cc1.Cl. The van der Waals surface area contributed by atoms with Gasteiger partial charge in [-0.15, -0.1) is 23.7 Å². The Morgan fingerprint density at radius 2 is 1.87 bits per heavy atom. The van der Waals surface area contributed by atoms with E-state index < -0.39 is 0 Å². The molecule has 1 aromatic carbocycles. The smallest absolute Gasteiger partial charge is 0.275 e. The topological polar surface area (TPSA) is 97.1 Å². The monoisotopic (exact) mass is 354 g/mol. The Labute approximate surface area is 144 Å². The van der Waals surface area contributed by atoms with Gasteiger partial charge in [0.05, 0.1) is 0 Å². The molecule has 0 aliphatic carbocycles. The molecule has 2 rings (SSSR count). The summed E-state index contributed by atoms with van der Waals surface area (Å²) in [6, 6.07) is 6.78. The molecule has 0 saturated heterocycles. The Balaban J connectivity index is 0.00000264. The van der Waals surface area contributed by atoms with Gasteiger partial charge in [-0.05, 0) is 38.1 Å². The van der Waals surface area contributed by atoms with Crippen LogP contribution in [0.2, 0.25) is 0 Å². The minimum atomic E-state index is -0.296. The van der Waals surface area contributed by atoms with Crippen molar-refractivity contribution in [3.8, 4) is 0 Å². The summed E-state index contributed by atoms with van der Waals surface area (Å²) in [5.74, 6) is -0.435. The van der Waals surface area contributed by atoms with Gasteiger partial charge in [0.1, 0.15) is 10.7 Å². The molecule has 2 aromatic rings. The lowest BCUT2D eigenvalue weighted by molar-refractivity contribution is 0.0942. The standard InChI is InChI=1S/C15H18N4O2S.ClH/c1-9(2)17-14(20)10-3-5-11(6-4-10)18-15(21)12-8-22-13(7-16)19-12;/h3-6,8-9H,7,16H2,1-2H3,(H,17,20)(H,18,21);1H. The summed E-state index contributed by atoms with van der Waals surface area (Å²) < 4.78 is 0. The first-order valence-corrected chi connectivity index (χ1v) is 7.74. The van der Waals surface area contributed by atoms with Crippen LogP contribution < -0.4 is 16.4 Å². The fraction of sp³-hybridized carbons (Fsp3) is 0.267. The van der Waals surface area contributed by atoms with E-state index in [1.54, 1.807) is 29.6 Å². The maximum atomic E-state index is 12.0. The fourth-order valence-corrected chi connectivity index (χ4v) is 2.41. The molecule has 0 radical (unpaired) electrons. The van der Waals surface area contributed by atoms with Gasteiger partial charge < -0.3 is 16.4 Å². The van der Waals surface area contributed by atoms with Gasteiger partial charge >= 0.3 is 0 Å². The molecule has 0 fully saturated rings. The quantitative estimate of drug-likeness (QED) is 0.768. The lowest BCUT2D eigenvalue weighted by Crippen LogP contribution is -2.30. The molecule has 23 heavy (non-hydrogen) atoms. The molecule has 4 N–H and O–H groups in total. The minimum absolute atomic E-state index is 0. The molecule has 2 amide bonds. The maximum Gasteiger partial charge on any atom is 0.275 e. The zero-order valence-corrected chi connectivity index (χ0v) is 14.5. The number of halogens is 1. The Hall–Kier alpha value is -1.96. The number of carbonyl (C=O) groups is 2. The van der Waals surface area contributed by atoms with Gasteiger partial charge in [0.2, 0.25) is 0 Å². The first kappa shape index (κ1) is 19.1. The normalized spacial score (nSPS) is 10.1. The zero-order chi connectivity index (χ0) is 16.1. The van der Waals surface area contributed by atoms with Gasteiger partial charge in [-0.1, -0.05) is 0 Å². The minimum Gasteiger partial charge on any atom is -0.350 e. The molecular formula is C15H19ClN4O2S. The van der Waals surface area contributed by atoms with Crippen molar-refractivity contribution in [2.75, 3.05) is 5.32 Å². The lowest BCUT2D eigenvalue weighted by Gasteiger charge is -2.09. The number of aromatic nitrogens is 1. The van der Waals surface area contributed by atoms with Crippen molar-refractivity contribution < 1.29 is 9.59 Å². The van der Waals surface area contributed by atoms with Gasteiger partial charge in [0.25, 0.3) is 11.8 Å². The molecule has 8 heteroatoms. The summed E-state index contributed by atoms with van der Waals surface area (Å²) in [5.41, 5.74) is 6.97. The van der Waals surface area contributed by atoms with Crippen molar-refractivity contribution in [1.29, 1.82) is 0 Å². The van der Waals surface area contributed by atoms with E-state index in [9.17, 15) is 9.59 Å². The van der Waals surface area contributed by atoms with E-state index in [0.717, 1.165) is 0 Å². The fourth-order valence-electron chi connectivity index (χ4n) is 1.75. The second-order valence-corrected chi connectivity index (χ2v) is 5.93. The van der Waals surface area contributed by atoms with Crippen LogP contribution in [0.3, 0.4) is 0 Å². The van der Waals surface area contributed by atoms with Crippen LogP contribution >= 0.6 is 23.7 Å². The van der Waals surface area contributed by atoms with Crippen LogP contribution in [0.1, 0.15) is 39.7 Å². The number of nitrogens with zero attached hydrogens (tertiary/aromatic N) is 1. The highest BCUT2D eigenvalue weighted by Gasteiger charge is 2.11. The third-order valence-corrected chi connectivity index (χ3v) is 3.65. The molecule has 0 aliphatic heterocycles. The van der Waals surface area contributed by atoms with Crippen molar-refractivity contribution in [3.05, 3.63) is 45.9 Å². The van der Waals surface area contributed by atoms with E-state index in [0.29, 0.717) is 28.5 Å². The van der Waals surface area contributed by atoms with Crippen molar-refractivity contribution in [3.63, 3.8) is 0 Å². The van der Waals surface area contributed by atoms with Crippen LogP contribution in [-0.4, -0.2) is 22.8 Å². The zero-order valence-electron chi connectivity index (χ0n) is 12.8. The first-order valence-electron chi connectivity index (χ1n) is 6.86. The van der Waals surface area contributed by atoms with Crippen LogP contribution in [0.4, 0.5) is 5.69 Å². The third kappa shape index (κ3) is 5.31. The Bertz CT molecular complexity index is 670. The molecule has 0 aliphatic rings. The molecule has 1 aromatic heterocycles. The third-order valence-electron chi connectivity index (χ3n) is 2.78. The van der Waals surface area contributed by atoms with Crippen LogP contribution in [0.15, 0.2) is 29.6 Å². The summed E-state index contributed by atoms with van der Waals surface area (Å²) in [7, 11) is 0. The number of rotatable bonds is 5. The largest absolute Gasteiger partial charge is 0.350 e. The van der Waals surface area contributed by atoms with Gasteiger partial charge in [-0.3, -0.25) is 9.59 Å². The van der Waals surface area contributed by atoms with E-state index in [1.165, 1.54) is 11.3 Å². The highest BCUT2D eigenvalue weighted by Crippen LogP contribution is 2.13. The molecule has 124 valence electrons.